The quantitative estimate of drug-likeness (QED) is 0.177. The van der Waals surface area contributed by atoms with Gasteiger partial charge in [0.25, 0.3) is 5.91 Å². The van der Waals surface area contributed by atoms with Crippen LogP contribution in [0, 0.1) is 0 Å². The lowest BCUT2D eigenvalue weighted by Crippen LogP contribution is -2.33. The first-order valence-corrected chi connectivity index (χ1v) is 13.1. The summed E-state index contributed by atoms with van der Waals surface area (Å²) < 4.78 is 11.7. The topological polar surface area (TPSA) is 80.0 Å². The van der Waals surface area contributed by atoms with Crippen molar-refractivity contribution in [3.05, 3.63) is 113 Å². The highest BCUT2D eigenvalue weighted by molar-refractivity contribution is 6.16. The molecule has 0 fully saturated rings. The summed E-state index contributed by atoms with van der Waals surface area (Å²) in [6.45, 7) is 3.12. The van der Waals surface area contributed by atoms with Crippen LogP contribution in [0.3, 0.4) is 0 Å². The lowest BCUT2D eigenvalue weighted by Gasteiger charge is -2.27. The smallest absolute Gasteiger partial charge is 0.290 e. The Morgan fingerprint density at radius 3 is 2.45 bits per heavy atom. The van der Waals surface area contributed by atoms with Crippen LogP contribution in [0.5, 0.6) is 5.75 Å². The zero-order chi connectivity index (χ0) is 26.5. The van der Waals surface area contributed by atoms with Crippen molar-refractivity contribution in [1.82, 2.24) is 4.90 Å². The van der Waals surface area contributed by atoms with Gasteiger partial charge in [0.05, 0.1) is 18.2 Å². The Balaban J connectivity index is 1.46. The molecule has 6 heteroatoms. The fraction of sp³-hybridized carbons (Fsp3) is 0.250. The summed E-state index contributed by atoms with van der Waals surface area (Å²) in [6.07, 6.45) is 3.79. The maximum Gasteiger partial charge on any atom is 0.290 e. The number of para-hydroxylation sites is 1. The maximum absolute atomic E-state index is 13.7. The van der Waals surface area contributed by atoms with Gasteiger partial charge in [-0.2, -0.15) is 0 Å². The van der Waals surface area contributed by atoms with E-state index in [1.54, 1.807) is 17.0 Å². The van der Waals surface area contributed by atoms with Crippen LogP contribution in [-0.2, 0) is 11.2 Å². The van der Waals surface area contributed by atoms with E-state index < -0.39 is 23.5 Å². The molecule has 194 valence electrons. The largest absolute Gasteiger partial charge is 0.503 e. The van der Waals surface area contributed by atoms with Crippen molar-refractivity contribution in [1.29, 1.82) is 0 Å². The van der Waals surface area contributed by atoms with Crippen LogP contribution in [0.2, 0.25) is 0 Å². The van der Waals surface area contributed by atoms with Gasteiger partial charge in [-0.05, 0) is 48.2 Å². The number of hydrogen-bond donors (Lipinski definition) is 1. The van der Waals surface area contributed by atoms with Crippen LogP contribution < -0.4 is 4.74 Å². The average molecular weight is 510 g/mol. The van der Waals surface area contributed by atoms with E-state index in [0.717, 1.165) is 41.5 Å². The van der Waals surface area contributed by atoms with E-state index in [1.807, 2.05) is 72.8 Å². The molecule has 38 heavy (non-hydrogen) atoms. The summed E-state index contributed by atoms with van der Waals surface area (Å²) in [5, 5.41) is 11.8. The standard InChI is InChI=1S/C32H31NO5/c1-2-3-9-20-37-25-16-14-23(15-17-25)29-28(30(34)27-21-24-12-7-8-13-26(24)38-27)31(35)32(36)33(29)19-18-22-10-5-4-6-11-22/h4-8,10-17,21,29,35H,2-3,9,18-20H2,1H3. The van der Waals surface area contributed by atoms with Crippen molar-refractivity contribution in [2.75, 3.05) is 13.2 Å². The predicted octanol–water partition coefficient (Wildman–Crippen LogP) is 6.82. The summed E-state index contributed by atoms with van der Waals surface area (Å²) in [5.41, 5.74) is 2.38. The van der Waals surface area contributed by atoms with E-state index in [4.69, 9.17) is 9.15 Å². The molecule has 5 rings (SSSR count). The number of ether oxygens (including phenoxy) is 1. The predicted molar refractivity (Wildman–Crippen MR) is 146 cm³/mol. The van der Waals surface area contributed by atoms with Crippen molar-refractivity contribution in [2.45, 2.75) is 38.6 Å². The van der Waals surface area contributed by atoms with Crippen molar-refractivity contribution >= 4 is 22.7 Å². The van der Waals surface area contributed by atoms with E-state index in [2.05, 4.69) is 6.92 Å². The Morgan fingerprint density at radius 2 is 1.71 bits per heavy atom. The van der Waals surface area contributed by atoms with Gasteiger partial charge in [-0.25, -0.2) is 0 Å². The molecule has 1 atom stereocenters. The number of carbonyl (C=O) groups is 2. The molecule has 0 saturated heterocycles. The van der Waals surface area contributed by atoms with Crippen LogP contribution in [0.4, 0.5) is 0 Å². The third kappa shape index (κ3) is 5.21. The van der Waals surface area contributed by atoms with E-state index in [0.29, 0.717) is 25.2 Å². The number of benzene rings is 3. The number of Topliss-reactive ketones (excluding diaryl/α,β-unsaturated/α-hetero) is 1. The summed E-state index contributed by atoms with van der Waals surface area (Å²) >= 11 is 0. The highest BCUT2D eigenvalue weighted by atomic mass is 16.5. The number of nitrogens with zero attached hydrogens (tertiary/aromatic N) is 1. The van der Waals surface area contributed by atoms with Crippen LogP contribution in [0.1, 0.15) is 53.9 Å². The molecule has 0 spiro atoms. The Hall–Kier alpha value is -4.32. The maximum atomic E-state index is 13.7. The molecule has 3 aromatic carbocycles. The molecule has 0 saturated carbocycles. The lowest BCUT2D eigenvalue weighted by atomic mass is 9.94. The number of unbranched alkanes of at least 4 members (excludes halogenated alkanes) is 2. The number of hydrogen-bond acceptors (Lipinski definition) is 5. The fourth-order valence-corrected chi connectivity index (χ4v) is 4.87. The van der Waals surface area contributed by atoms with Gasteiger partial charge < -0.3 is 19.2 Å². The summed E-state index contributed by atoms with van der Waals surface area (Å²) in [4.78, 5) is 28.6. The second-order valence-corrected chi connectivity index (χ2v) is 9.50. The number of amides is 1. The van der Waals surface area contributed by atoms with Crippen LogP contribution >= 0.6 is 0 Å². The van der Waals surface area contributed by atoms with Gasteiger partial charge in [-0.1, -0.05) is 80.4 Å². The molecule has 0 radical (unpaired) electrons. The molecule has 4 aromatic rings. The number of rotatable bonds is 11. The summed E-state index contributed by atoms with van der Waals surface area (Å²) in [6, 6.07) is 25.5. The van der Waals surface area contributed by atoms with Crippen LogP contribution in [-0.4, -0.2) is 34.8 Å². The Kier molecular flexibility index (Phi) is 7.59. The number of ketones is 1. The lowest BCUT2D eigenvalue weighted by molar-refractivity contribution is -0.129. The number of aliphatic hydroxyl groups excluding tert-OH is 1. The van der Waals surface area contributed by atoms with Crippen molar-refractivity contribution in [2.24, 2.45) is 0 Å². The first-order chi connectivity index (χ1) is 18.6. The van der Waals surface area contributed by atoms with Gasteiger partial charge in [0, 0.05) is 11.9 Å². The minimum atomic E-state index is -0.749. The zero-order valence-corrected chi connectivity index (χ0v) is 21.4. The third-order valence-electron chi connectivity index (χ3n) is 6.89. The normalized spacial score (nSPS) is 15.4. The summed E-state index contributed by atoms with van der Waals surface area (Å²) in [5.74, 6) is -0.785. The molecule has 0 aliphatic carbocycles. The number of fused-ring (bicyclic) bond motifs is 1. The van der Waals surface area contributed by atoms with Crippen LogP contribution in [0.15, 0.2) is 101 Å². The minimum absolute atomic E-state index is 0.0266. The summed E-state index contributed by atoms with van der Waals surface area (Å²) in [7, 11) is 0. The number of furan rings is 1. The Morgan fingerprint density at radius 1 is 0.974 bits per heavy atom. The monoisotopic (exact) mass is 509 g/mol. The molecule has 1 unspecified atom stereocenters. The average Bonchev–Trinajstić information content (AvgIpc) is 3.49. The van der Waals surface area contributed by atoms with Gasteiger partial charge in [0.1, 0.15) is 11.3 Å². The van der Waals surface area contributed by atoms with Crippen LogP contribution in [0.25, 0.3) is 11.0 Å². The Bertz CT molecular complexity index is 1420. The van der Waals surface area contributed by atoms with Gasteiger partial charge >= 0.3 is 0 Å². The molecule has 0 bridgehead atoms. The van der Waals surface area contributed by atoms with E-state index in [1.165, 1.54) is 0 Å². The molecule has 6 nitrogen and oxygen atoms in total. The van der Waals surface area contributed by atoms with E-state index >= 15 is 0 Å². The molecule has 1 amide bonds. The van der Waals surface area contributed by atoms with Crippen molar-refractivity contribution in [3.63, 3.8) is 0 Å². The molecule has 1 aromatic heterocycles. The number of carbonyl (C=O) groups excluding carboxylic acids is 2. The van der Waals surface area contributed by atoms with Crippen molar-refractivity contribution in [3.8, 4) is 5.75 Å². The Labute approximate surface area is 222 Å². The van der Waals surface area contributed by atoms with Gasteiger partial charge in [0.15, 0.2) is 11.5 Å². The number of aliphatic hydroxyl groups is 1. The van der Waals surface area contributed by atoms with Gasteiger partial charge in [-0.3, -0.25) is 9.59 Å². The third-order valence-corrected chi connectivity index (χ3v) is 6.89. The molecule has 1 N–H and O–H groups in total. The molecular weight excluding hydrogens is 478 g/mol. The van der Waals surface area contributed by atoms with Gasteiger partial charge in [-0.15, -0.1) is 0 Å². The SMILES string of the molecule is CCCCCOc1ccc(C2C(C(=O)c3cc4ccccc4o3)=C(O)C(=O)N2CCc2ccccc2)cc1. The molecule has 1 aliphatic rings. The van der Waals surface area contributed by atoms with E-state index in [9.17, 15) is 14.7 Å². The second kappa shape index (κ2) is 11.4. The highest BCUT2D eigenvalue weighted by Crippen LogP contribution is 2.40. The van der Waals surface area contributed by atoms with E-state index in [-0.39, 0.29) is 11.3 Å². The minimum Gasteiger partial charge on any atom is -0.503 e. The highest BCUT2D eigenvalue weighted by Gasteiger charge is 2.44. The van der Waals surface area contributed by atoms with Gasteiger partial charge in [0.2, 0.25) is 5.78 Å². The first kappa shape index (κ1) is 25.3. The molecule has 1 aliphatic heterocycles. The molecular formula is C32H31NO5. The fourth-order valence-electron chi connectivity index (χ4n) is 4.87. The molecule has 2 heterocycles. The van der Waals surface area contributed by atoms with Crippen molar-refractivity contribution < 1.29 is 23.8 Å². The second-order valence-electron chi connectivity index (χ2n) is 9.50. The zero-order valence-electron chi connectivity index (χ0n) is 21.4. The first-order valence-electron chi connectivity index (χ1n) is 13.1.